The maximum absolute atomic E-state index is 13.3. The van der Waals surface area contributed by atoms with Crippen molar-refractivity contribution in [2.75, 3.05) is 35.5 Å². The number of rotatable bonds is 15. The zero-order chi connectivity index (χ0) is 61.2. The van der Waals surface area contributed by atoms with Crippen LogP contribution in [0.2, 0.25) is 0 Å². The maximum atomic E-state index is 13.3. The minimum atomic E-state index is -4.63. The van der Waals surface area contributed by atoms with Crippen LogP contribution in [0.25, 0.3) is 56.0 Å². The van der Waals surface area contributed by atoms with Gasteiger partial charge in [0, 0.05) is 59.6 Å². The van der Waals surface area contributed by atoms with E-state index in [9.17, 15) is 40.7 Å². The topological polar surface area (TPSA) is 223 Å². The molecule has 0 radical (unpaired) electrons. The van der Waals surface area contributed by atoms with Crippen LogP contribution in [-0.2, 0) is 34.9 Å². The molecule has 0 aliphatic rings. The first kappa shape index (κ1) is 61.0. The molecule has 0 aliphatic carbocycles. The molecule has 6 aromatic heterocycles. The van der Waals surface area contributed by atoms with Crippen LogP contribution in [0, 0.1) is 0 Å². The number of esters is 2. The third-order valence-corrected chi connectivity index (χ3v) is 13.1. The second-order valence-electron chi connectivity index (χ2n) is 18.5. The lowest BCUT2D eigenvalue weighted by molar-refractivity contribution is -0.141. The fourth-order valence-corrected chi connectivity index (χ4v) is 8.65. The van der Waals surface area contributed by atoms with Gasteiger partial charge in [-0.05, 0) is 103 Å². The molecular formula is C61H54F6N10O8. The number of benzene rings is 4. The van der Waals surface area contributed by atoms with Crippen LogP contribution in [0.3, 0.4) is 0 Å². The summed E-state index contributed by atoms with van der Waals surface area (Å²) in [4.78, 5) is 53.4. The number of nitrogens with one attached hydrogen (secondary N) is 1. The van der Waals surface area contributed by atoms with Gasteiger partial charge in [0.1, 0.15) is 34.3 Å². The van der Waals surface area contributed by atoms with Crippen molar-refractivity contribution in [2.45, 2.75) is 45.3 Å². The van der Waals surface area contributed by atoms with Crippen LogP contribution in [0.4, 0.5) is 26.3 Å². The van der Waals surface area contributed by atoms with Crippen molar-refractivity contribution in [3.63, 3.8) is 0 Å². The van der Waals surface area contributed by atoms with E-state index in [1.807, 2.05) is 61.5 Å². The normalized spacial score (nSPS) is 11.6. The number of hydrogen-bond acceptors (Lipinski definition) is 16. The van der Waals surface area contributed by atoms with Gasteiger partial charge < -0.3 is 34.7 Å². The SMILES string of the molecule is COC(=O)c1cc(-c2cccc(C(C)=O)n2)cc2c1cnn2-c1cccc(C(F)(F)F)n1.COC(=O)c1cc(-c2cccc(C(C)NCc3ccc(OC)cc3)n2)cc2c1cnn2-c1cccc(C(F)(F)F)n1.COc1ccc(CN)c(OC)c1. The van der Waals surface area contributed by atoms with Crippen molar-refractivity contribution in [2.24, 2.45) is 5.73 Å². The third-order valence-electron chi connectivity index (χ3n) is 13.1. The molecule has 1 unspecified atom stereocenters. The Hall–Kier alpha value is -10.1. The van der Waals surface area contributed by atoms with Crippen LogP contribution < -0.4 is 25.3 Å². The van der Waals surface area contributed by atoms with Gasteiger partial charge in [-0.3, -0.25) is 9.78 Å². The fraction of sp³-hybridized carbons (Fsp3) is 0.197. The average Bonchev–Trinajstić information content (AvgIpc) is 2.34. The number of alkyl halides is 6. The molecule has 0 fully saturated rings. The van der Waals surface area contributed by atoms with Gasteiger partial charge in [0.2, 0.25) is 0 Å². The number of ketones is 1. The summed E-state index contributed by atoms with van der Waals surface area (Å²) in [5.74, 6) is 0.717. The van der Waals surface area contributed by atoms with Gasteiger partial charge in [-0.1, -0.05) is 42.5 Å². The predicted octanol–water partition coefficient (Wildman–Crippen LogP) is 11.8. The van der Waals surface area contributed by atoms with Crippen LogP contribution in [0.1, 0.15) is 79.3 Å². The summed E-state index contributed by atoms with van der Waals surface area (Å²) in [7, 11) is 7.34. The van der Waals surface area contributed by atoms with E-state index in [1.54, 1.807) is 63.8 Å². The molecule has 18 nitrogen and oxygen atoms in total. The number of nitrogens with two attached hydrogens (primary N) is 1. The summed E-state index contributed by atoms with van der Waals surface area (Å²) in [5, 5.41) is 12.6. The van der Waals surface area contributed by atoms with Gasteiger partial charge in [0.05, 0.1) is 87.2 Å². The lowest BCUT2D eigenvalue weighted by Gasteiger charge is -2.15. The van der Waals surface area contributed by atoms with E-state index in [0.717, 1.165) is 46.2 Å². The van der Waals surface area contributed by atoms with Gasteiger partial charge in [-0.2, -0.15) is 36.5 Å². The Morgan fingerprint density at radius 1 is 0.576 bits per heavy atom. The number of carbonyl (C=O) groups is 3. The minimum Gasteiger partial charge on any atom is -0.497 e. The Morgan fingerprint density at radius 3 is 1.54 bits per heavy atom. The Bertz CT molecular complexity index is 4040. The molecule has 0 saturated heterocycles. The molecule has 0 bridgehead atoms. The highest BCUT2D eigenvalue weighted by molar-refractivity contribution is 6.06. The summed E-state index contributed by atoms with van der Waals surface area (Å²) in [6, 6.07) is 37.2. The number of ether oxygens (including phenoxy) is 5. The first-order chi connectivity index (χ1) is 40.7. The lowest BCUT2D eigenvalue weighted by atomic mass is 10.0. The minimum absolute atomic E-state index is 0.0409. The van der Waals surface area contributed by atoms with E-state index in [-0.39, 0.29) is 40.3 Å². The monoisotopic (exact) mass is 1170 g/mol. The van der Waals surface area contributed by atoms with Crippen LogP contribution in [-0.4, -0.2) is 92.8 Å². The van der Waals surface area contributed by atoms with Gasteiger partial charge in [-0.15, -0.1) is 0 Å². The van der Waals surface area contributed by atoms with Gasteiger partial charge in [0.25, 0.3) is 0 Å². The molecule has 10 rings (SSSR count). The summed E-state index contributed by atoms with van der Waals surface area (Å²) in [6.45, 7) is 4.46. The number of Topliss-reactive ketones (excluding diaryl/α,β-unsaturated/α-hetero) is 1. The molecule has 0 aliphatic heterocycles. The first-order valence-electron chi connectivity index (χ1n) is 25.7. The fourth-order valence-electron chi connectivity index (χ4n) is 8.65. The smallest absolute Gasteiger partial charge is 0.433 e. The Kier molecular flexibility index (Phi) is 19.0. The van der Waals surface area contributed by atoms with Crippen LogP contribution >= 0.6 is 0 Å². The molecule has 438 valence electrons. The van der Waals surface area contributed by atoms with E-state index in [0.29, 0.717) is 57.4 Å². The Balaban J connectivity index is 0.000000189. The molecule has 4 aromatic carbocycles. The Morgan fingerprint density at radius 2 is 1.07 bits per heavy atom. The number of halogens is 6. The van der Waals surface area contributed by atoms with Crippen molar-refractivity contribution in [1.82, 2.24) is 44.8 Å². The molecule has 6 heterocycles. The maximum Gasteiger partial charge on any atom is 0.433 e. The number of aromatic nitrogens is 8. The highest BCUT2D eigenvalue weighted by Crippen LogP contribution is 2.34. The number of hydrogen-bond donors (Lipinski definition) is 2. The number of nitrogens with zero attached hydrogens (tertiary/aromatic N) is 8. The first-order valence-corrected chi connectivity index (χ1v) is 25.7. The highest BCUT2D eigenvalue weighted by atomic mass is 19.4. The van der Waals surface area contributed by atoms with Crippen molar-refractivity contribution in [1.29, 1.82) is 0 Å². The molecule has 0 saturated carbocycles. The predicted molar refractivity (Wildman–Crippen MR) is 303 cm³/mol. The van der Waals surface area contributed by atoms with Gasteiger partial charge in [0.15, 0.2) is 17.4 Å². The summed E-state index contributed by atoms with van der Waals surface area (Å²) in [6.07, 6.45) is -6.49. The van der Waals surface area contributed by atoms with E-state index in [4.69, 9.17) is 34.4 Å². The summed E-state index contributed by atoms with van der Waals surface area (Å²) in [5.41, 5.74) is 9.49. The molecule has 3 N–H and O–H groups in total. The zero-order valence-electron chi connectivity index (χ0n) is 46.6. The molecule has 0 amide bonds. The third kappa shape index (κ3) is 14.2. The summed E-state index contributed by atoms with van der Waals surface area (Å²) >= 11 is 0. The van der Waals surface area contributed by atoms with Gasteiger partial charge >= 0.3 is 24.3 Å². The number of pyridine rings is 4. The average molecular weight is 1170 g/mol. The second kappa shape index (κ2) is 26.4. The number of fused-ring (bicyclic) bond motifs is 2. The van der Waals surface area contributed by atoms with E-state index < -0.39 is 35.7 Å². The van der Waals surface area contributed by atoms with Crippen molar-refractivity contribution < 1.29 is 64.4 Å². The molecule has 0 spiro atoms. The van der Waals surface area contributed by atoms with Crippen molar-refractivity contribution >= 4 is 39.5 Å². The summed E-state index contributed by atoms with van der Waals surface area (Å²) < 4.78 is 107. The standard InChI is InChI=1S/C30H26F3N5O3.C22H15F3N4O3.C9H13NO2/c1-18(34-16-19-10-12-21(40-2)13-11-19)24-6-4-7-25(36-24)20-14-22(29(39)41-3)23-17-35-38(26(23)15-20)28-9-5-8-27(37-28)30(31,32)33;1-12(30)16-5-3-6-17(27-16)13-9-14(21(31)32-2)15-11-26-29(18(15)10-13)20-8-4-7-19(28-20)22(23,24)25;1-11-8-4-3-7(6-10)9(5-8)12-2/h4-15,17-18,34H,16H2,1-3H3;3-11H,1-2H3;3-5H,6,10H2,1-2H3. The van der Waals surface area contributed by atoms with Gasteiger partial charge in [-0.25, -0.2) is 33.9 Å². The second-order valence-corrected chi connectivity index (χ2v) is 18.5. The lowest BCUT2D eigenvalue weighted by Crippen LogP contribution is -2.19. The largest absolute Gasteiger partial charge is 0.497 e. The number of methoxy groups -OCH3 is 5. The molecule has 10 aromatic rings. The van der Waals surface area contributed by atoms with Crippen LogP contribution in [0.5, 0.6) is 17.2 Å². The molecule has 24 heteroatoms. The van der Waals surface area contributed by atoms with E-state index >= 15 is 0 Å². The molecular weight excluding hydrogens is 1110 g/mol. The van der Waals surface area contributed by atoms with Crippen molar-refractivity contribution in [3.8, 4) is 51.4 Å². The molecule has 1 atom stereocenters. The van der Waals surface area contributed by atoms with E-state index in [2.05, 4.69) is 30.5 Å². The zero-order valence-corrected chi connectivity index (χ0v) is 46.6. The number of carbonyl (C=O) groups excluding carboxylic acids is 3. The van der Waals surface area contributed by atoms with Crippen LogP contribution in [0.15, 0.2) is 152 Å². The Labute approximate surface area is 482 Å². The quantitative estimate of drug-likeness (QED) is 0.0553. The van der Waals surface area contributed by atoms with E-state index in [1.165, 1.54) is 73.2 Å². The molecule has 85 heavy (non-hydrogen) atoms. The highest BCUT2D eigenvalue weighted by Gasteiger charge is 2.34. The van der Waals surface area contributed by atoms with Crippen molar-refractivity contribution in [3.05, 3.63) is 197 Å².